The number of nitrogens with zero attached hydrogens (tertiary/aromatic N) is 4. The maximum atomic E-state index is 8.97. The predicted octanol–water partition coefficient (Wildman–Crippen LogP) is 1.20. The molecule has 1 aliphatic heterocycles. The highest BCUT2D eigenvalue weighted by Gasteiger charge is 2.23. The Labute approximate surface area is 113 Å². The summed E-state index contributed by atoms with van der Waals surface area (Å²) in [7, 11) is 0. The molecule has 1 aliphatic rings. The first-order valence-electron chi connectivity index (χ1n) is 6.64. The van der Waals surface area contributed by atoms with Gasteiger partial charge in [-0.2, -0.15) is 5.26 Å². The third kappa shape index (κ3) is 2.93. The molecule has 1 N–H and O–H groups in total. The van der Waals surface area contributed by atoms with Gasteiger partial charge in [-0.3, -0.25) is 0 Å². The van der Waals surface area contributed by atoms with Gasteiger partial charge in [0.05, 0.1) is 19.2 Å². The van der Waals surface area contributed by atoms with Crippen LogP contribution >= 0.6 is 0 Å². The number of morpholine rings is 1. The van der Waals surface area contributed by atoms with E-state index in [0.717, 1.165) is 36.7 Å². The van der Waals surface area contributed by atoms with E-state index in [1.54, 1.807) is 6.33 Å². The molecule has 0 aromatic carbocycles. The fourth-order valence-corrected chi connectivity index (χ4v) is 2.24. The smallest absolute Gasteiger partial charge is 0.161 e. The fraction of sp³-hybridized carbons (Fsp3) is 0.615. The number of hydrogen-bond donors (Lipinski definition) is 1. The average molecular weight is 261 g/mol. The van der Waals surface area contributed by atoms with Crippen molar-refractivity contribution in [3.05, 3.63) is 11.9 Å². The maximum Gasteiger partial charge on any atom is 0.161 e. The molecule has 2 rings (SSSR count). The highest BCUT2D eigenvalue weighted by molar-refractivity contribution is 5.59. The highest BCUT2D eigenvalue weighted by atomic mass is 16.5. The molecule has 2 heterocycles. The molecule has 0 saturated carbocycles. The summed E-state index contributed by atoms with van der Waals surface area (Å²) in [6.07, 6.45) is 2.05. The summed E-state index contributed by atoms with van der Waals surface area (Å²) < 4.78 is 5.37. The summed E-state index contributed by atoms with van der Waals surface area (Å²) in [5.41, 5.74) is 1.10. The van der Waals surface area contributed by atoms with Gasteiger partial charge >= 0.3 is 0 Å². The second-order valence-electron chi connectivity index (χ2n) is 4.34. The van der Waals surface area contributed by atoms with Crippen LogP contribution in [-0.4, -0.2) is 42.3 Å². The first-order chi connectivity index (χ1) is 9.30. The molecule has 0 spiro atoms. The van der Waals surface area contributed by atoms with E-state index in [9.17, 15) is 0 Å². The summed E-state index contributed by atoms with van der Waals surface area (Å²) >= 11 is 0. The first kappa shape index (κ1) is 13.6. The monoisotopic (exact) mass is 261 g/mol. The van der Waals surface area contributed by atoms with E-state index in [2.05, 4.69) is 33.2 Å². The van der Waals surface area contributed by atoms with E-state index in [-0.39, 0.29) is 6.10 Å². The predicted molar refractivity (Wildman–Crippen MR) is 73.1 cm³/mol. The van der Waals surface area contributed by atoms with Crippen LogP contribution in [0.1, 0.15) is 19.4 Å². The molecule has 6 nitrogen and oxygen atoms in total. The summed E-state index contributed by atoms with van der Waals surface area (Å²) in [5.74, 6) is 1.80. The van der Waals surface area contributed by atoms with Crippen LogP contribution in [0.4, 0.5) is 11.6 Å². The summed E-state index contributed by atoms with van der Waals surface area (Å²) in [6, 6.07) is 2.16. The molecule has 102 valence electrons. The summed E-state index contributed by atoms with van der Waals surface area (Å²) in [4.78, 5) is 10.8. The topological polar surface area (TPSA) is 74.1 Å². The normalized spacial score (nSPS) is 19.0. The lowest BCUT2D eigenvalue weighted by molar-refractivity contribution is 0.0761. The molecular weight excluding hydrogens is 242 g/mol. The Bertz CT molecular complexity index is 471. The zero-order chi connectivity index (χ0) is 13.7. The van der Waals surface area contributed by atoms with E-state index >= 15 is 0 Å². The van der Waals surface area contributed by atoms with Gasteiger partial charge in [-0.15, -0.1) is 0 Å². The van der Waals surface area contributed by atoms with E-state index in [1.165, 1.54) is 0 Å². The van der Waals surface area contributed by atoms with Gasteiger partial charge in [0.15, 0.2) is 6.10 Å². The quantitative estimate of drug-likeness (QED) is 0.878. The van der Waals surface area contributed by atoms with Crippen molar-refractivity contribution in [2.45, 2.75) is 26.4 Å². The van der Waals surface area contributed by atoms with Crippen molar-refractivity contribution in [3.63, 3.8) is 0 Å². The van der Waals surface area contributed by atoms with Gasteiger partial charge in [-0.05, 0) is 13.3 Å². The number of ether oxygens (including phenoxy) is 1. The van der Waals surface area contributed by atoms with Crippen molar-refractivity contribution < 1.29 is 4.74 Å². The van der Waals surface area contributed by atoms with Gasteiger partial charge in [-0.25, -0.2) is 9.97 Å². The van der Waals surface area contributed by atoms with Crippen molar-refractivity contribution in [2.75, 3.05) is 36.5 Å². The Morgan fingerprint density at radius 1 is 1.53 bits per heavy atom. The van der Waals surface area contributed by atoms with Gasteiger partial charge < -0.3 is 15.0 Å². The van der Waals surface area contributed by atoms with Gasteiger partial charge in [0.2, 0.25) is 0 Å². The molecule has 0 radical (unpaired) electrons. The Hall–Kier alpha value is -1.87. The number of aromatic nitrogens is 2. The van der Waals surface area contributed by atoms with E-state index in [1.807, 2.05) is 6.92 Å². The van der Waals surface area contributed by atoms with Crippen LogP contribution < -0.4 is 10.2 Å². The first-order valence-corrected chi connectivity index (χ1v) is 6.64. The standard InChI is InChI=1S/C13H19N5O/c1-3-11-12(15-4-2)16-9-17-13(11)18-5-6-19-10(7-14)8-18/h9-10H,3-6,8H2,1-2H3,(H,15,16,17). The molecule has 1 fully saturated rings. The van der Waals surface area contributed by atoms with E-state index < -0.39 is 0 Å². The zero-order valence-electron chi connectivity index (χ0n) is 11.4. The van der Waals surface area contributed by atoms with Crippen LogP contribution in [0.2, 0.25) is 0 Å². The molecule has 1 aromatic heterocycles. The largest absolute Gasteiger partial charge is 0.370 e. The fourth-order valence-electron chi connectivity index (χ4n) is 2.24. The third-order valence-electron chi connectivity index (χ3n) is 3.13. The average Bonchev–Trinajstić information content (AvgIpc) is 2.47. The third-order valence-corrected chi connectivity index (χ3v) is 3.13. The molecule has 1 saturated heterocycles. The van der Waals surface area contributed by atoms with Crippen molar-refractivity contribution in [3.8, 4) is 6.07 Å². The minimum atomic E-state index is -0.379. The lowest BCUT2D eigenvalue weighted by Gasteiger charge is -2.32. The van der Waals surface area contributed by atoms with Crippen molar-refractivity contribution in [1.82, 2.24) is 9.97 Å². The van der Waals surface area contributed by atoms with Gasteiger partial charge in [0.25, 0.3) is 0 Å². The summed E-state index contributed by atoms with van der Waals surface area (Å²) in [6.45, 7) is 6.84. The number of rotatable bonds is 4. The minimum absolute atomic E-state index is 0.379. The minimum Gasteiger partial charge on any atom is -0.370 e. The molecule has 1 atom stereocenters. The van der Waals surface area contributed by atoms with Crippen LogP contribution in [0.15, 0.2) is 6.33 Å². The molecular formula is C13H19N5O. The molecule has 1 aromatic rings. The molecule has 1 unspecified atom stereocenters. The second kappa shape index (κ2) is 6.34. The Morgan fingerprint density at radius 3 is 3.05 bits per heavy atom. The number of hydrogen-bond acceptors (Lipinski definition) is 6. The van der Waals surface area contributed by atoms with E-state index in [0.29, 0.717) is 13.2 Å². The zero-order valence-corrected chi connectivity index (χ0v) is 11.4. The summed E-state index contributed by atoms with van der Waals surface area (Å²) in [5, 5.41) is 12.2. The Balaban J connectivity index is 2.28. The SMILES string of the molecule is CCNc1ncnc(N2CCOC(C#N)C2)c1CC. The van der Waals surface area contributed by atoms with E-state index in [4.69, 9.17) is 10.00 Å². The van der Waals surface area contributed by atoms with Crippen molar-refractivity contribution in [1.29, 1.82) is 5.26 Å². The molecule has 0 amide bonds. The number of nitriles is 1. The van der Waals surface area contributed by atoms with Gasteiger partial charge in [-0.1, -0.05) is 6.92 Å². The highest BCUT2D eigenvalue weighted by Crippen LogP contribution is 2.25. The molecule has 6 heteroatoms. The lowest BCUT2D eigenvalue weighted by Crippen LogP contribution is -2.42. The van der Waals surface area contributed by atoms with Gasteiger partial charge in [0, 0.05) is 18.7 Å². The maximum absolute atomic E-state index is 8.97. The molecule has 0 bridgehead atoms. The van der Waals surface area contributed by atoms with Crippen LogP contribution in [0.3, 0.4) is 0 Å². The van der Waals surface area contributed by atoms with Crippen LogP contribution in [0.5, 0.6) is 0 Å². The molecule has 0 aliphatic carbocycles. The second-order valence-corrected chi connectivity index (χ2v) is 4.34. The van der Waals surface area contributed by atoms with Crippen molar-refractivity contribution in [2.24, 2.45) is 0 Å². The number of nitrogens with one attached hydrogen (secondary N) is 1. The lowest BCUT2D eigenvalue weighted by atomic mass is 10.2. The van der Waals surface area contributed by atoms with Gasteiger partial charge in [0.1, 0.15) is 18.0 Å². The van der Waals surface area contributed by atoms with Crippen LogP contribution in [0, 0.1) is 11.3 Å². The Morgan fingerprint density at radius 2 is 2.37 bits per heavy atom. The van der Waals surface area contributed by atoms with Crippen molar-refractivity contribution >= 4 is 11.6 Å². The Kier molecular flexibility index (Phi) is 4.53. The van der Waals surface area contributed by atoms with Crippen LogP contribution in [0.25, 0.3) is 0 Å². The van der Waals surface area contributed by atoms with Crippen LogP contribution in [-0.2, 0) is 11.2 Å². The molecule has 19 heavy (non-hydrogen) atoms. The number of anilines is 2.